The minimum absolute atomic E-state index is 0.297. The molecule has 1 aliphatic heterocycles. The first-order valence-electron chi connectivity index (χ1n) is 8.22. The molecule has 1 fully saturated rings. The molecule has 0 bridgehead atoms. The second-order valence-corrected chi connectivity index (χ2v) is 6.02. The van der Waals surface area contributed by atoms with E-state index in [2.05, 4.69) is 12.6 Å². The summed E-state index contributed by atoms with van der Waals surface area (Å²) in [5.74, 6) is 0.715. The van der Waals surface area contributed by atoms with Gasteiger partial charge in [-0.15, -0.1) is 0 Å². The Morgan fingerprint density at radius 1 is 1.00 bits per heavy atom. The van der Waals surface area contributed by atoms with Gasteiger partial charge in [-0.1, -0.05) is 36.9 Å². The third-order valence-electron chi connectivity index (χ3n) is 4.45. The maximum Gasteiger partial charge on any atom is 0.225 e. The molecule has 0 aromatic heterocycles. The van der Waals surface area contributed by atoms with Crippen molar-refractivity contribution in [3.63, 3.8) is 0 Å². The molecule has 0 unspecified atom stereocenters. The van der Waals surface area contributed by atoms with Crippen LogP contribution in [0.4, 0.5) is 0 Å². The highest BCUT2D eigenvalue weighted by atomic mass is 16.7. The second kappa shape index (κ2) is 7.97. The predicted molar refractivity (Wildman–Crippen MR) is 95.8 cm³/mol. The van der Waals surface area contributed by atoms with Crippen LogP contribution in [-0.4, -0.2) is 52.5 Å². The fourth-order valence-corrected chi connectivity index (χ4v) is 3.19. The third kappa shape index (κ3) is 3.70. The van der Waals surface area contributed by atoms with E-state index in [-0.39, 0.29) is 18.3 Å². The average Bonchev–Trinajstić information content (AvgIpc) is 2.64. The Morgan fingerprint density at radius 3 is 2.44 bits per heavy atom. The zero-order chi connectivity index (χ0) is 17.8. The number of rotatable bonds is 6. The first-order chi connectivity index (χ1) is 12.2. The molecule has 5 heteroatoms. The van der Waals surface area contributed by atoms with Crippen LogP contribution in [0.3, 0.4) is 0 Å². The maximum absolute atomic E-state index is 6.06. The maximum atomic E-state index is 6.06. The van der Waals surface area contributed by atoms with Gasteiger partial charge < -0.3 is 23.7 Å². The van der Waals surface area contributed by atoms with Crippen LogP contribution in [0.15, 0.2) is 54.6 Å². The summed E-state index contributed by atoms with van der Waals surface area (Å²) in [6, 6.07) is 14.1. The lowest BCUT2D eigenvalue weighted by Crippen LogP contribution is -2.54. The predicted octanol–water partition coefficient (Wildman–Crippen LogP) is 3.18. The molecule has 0 N–H and O–H groups in total. The first kappa shape index (κ1) is 17.9. The summed E-state index contributed by atoms with van der Waals surface area (Å²) in [6.07, 6.45) is -1.56. The van der Waals surface area contributed by atoms with Crippen molar-refractivity contribution in [2.24, 2.45) is 0 Å². The monoisotopic (exact) mass is 344 g/mol. The van der Waals surface area contributed by atoms with Crippen molar-refractivity contribution >= 4 is 10.8 Å². The van der Waals surface area contributed by atoms with Crippen LogP contribution in [0, 0.1) is 0 Å². The Morgan fingerprint density at radius 2 is 1.76 bits per heavy atom. The Bertz CT molecular complexity index is 729. The van der Waals surface area contributed by atoms with Crippen LogP contribution >= 0.6 is 0 Å². The van der Waals surface area contributed by atoms with Crippen molar-refractivity contribution in [3.05, 3.63) is 54.6 Å². The molecule has 134 valence electrons. The van der Waals surface area contributed by atoms with Crippen LogP contribution in [0.25, 0.3) is 10.8 Å². The van der Waals surface area contributed by atoms with Crippen molar-refractivity contribution in [2.75, 3.05) is 27.9 Å². The van der Waals surface area contributed by atoms with E-state index in [0.717, 1.165) is 10.8 Å². The van der Waals surface area contributed by atoms with Gasteiger partial charge in [-0.3, -0.25) is 0 Å². The number of methoxy groups -OCH3 is 3. The molecule has 2 aromatic carbocycles. The largest absolute Gasteiger partial charge is 0.461 e. The van der Waals surface area contributed by atoms with Gasteiger partial charge in [-0.05, 0) is 22.9 Å². The van der Waals surface area contributed by atoms with E-state index in [9.17, 15) is 0 Å². The van der Waals surface area contributed by atoms with Crippen LogP contribution in [0.1, 0.15) is 0 Å². The minimum atomic E-state index is -0.627. The number of benzene rings is 2. The van der Waals surface area contributed by atoms with Crippen molar-refractivity contribution in [1.29, 1.82) is 0 Å². The molecule has 0 amide bonds. The number of ether oxygens (including phenoxy) is 5. The molecule has 2 aromatic rings. The fraction of sp³-hybridized carbons (Fsp3) is 0.400. The van der Waals surface area contributed by atoms with Gasteiger partial charge in [0.1, 0.15) is 24.1 Å². The molecule has 0 aliphatic carbocycles. The van der Waals surface area contributed by atoms with Crippen molar-refractivity contribution in [2.45, 2.75) is 24.6 Å². The van der Waals surface area contributed by atoms with E-state index in [1.165, 1.54) is 0 Å². The Balaban J connectivity index is 1.82. The number of hydrogen-bond donors (Lipinski definition) is 0. The fourth-order valence-electron chi connectivity index (χ4n) is 3.19. The summed E-state index contributed by atoms with van der Waals surface area (Å²) in [5, 5.41) is 2.26. The summed E-state index contributed by atoms with van der Waals surface area (Å²) in [7, 11) is 4.88. The van der Waals surface area contributed by atoms with E-state index in [4.69, 9.17) is 23.7 Å². The highest BCUT2D eigenvalue weighted by Crippen LogP contribution is 2.31. The summed E-state index contributed by atoms with van der Waals surface area (Å²) in [6.45, 7) is 4.48. The lowest BCUT2D eigenvalue weighted by Gasteiger charge is -2.41. The normalized spacial score (nSPS) is 26.8. The van der Waals surface area contributed by atoms with E-state index < -0.39 is 6.29 Å². The zero-order valence-corrected chi connectivity index (χ0v) is 14.8. The van der Waals surface area contributed by atoms with E-state index >= 15 is 0 Å². The molecule has 0 radical (unpaired) electrons. The molecule has 0 spiro atoms. The molecular weight excluding hydrogens is 320 g/mol. The third-order valence-corrected chi connectivity index (χ3v) is 4.45. The van der Waals surface area contributed by atoms with E-state index in [1.54, 1.807) is 21.3 Å². The molecule has 5 nitrogen and oxygen atoms in total. The summed E-state index contributed by atoms with van der Waals surface area (Å²) < 4.78 is 28.5. The van der Waals surface area contributed by atoms with Crippen LogP contribution in [0.2, 0.25) is 0 Å². The van der Waals surface area contributed by atoms with Gasteiger partial charge in [-0.25, -0.2) is 0 Å². The summed E-state index contributed by atoms with van der Waals surface area (Å²) in [4.78, 5) is 0. The Kier molecular flexibility index (Phi) is 5.71. The van der Waals surface area contributed by atoms with Crippen LogP contribution in [-0.2, 0) is 18.9 Å². The first-order valence-corrected chi connectivity index (χ1v) is 8.22. The molecule has 1 aliphatic rings. The van der Waals surface area contributed by atoms with Crippen LogP contribution < -0.4 is 4.74 Å². The van der Waals surface area contributed by atoms with Gasteiger partial charge >= 0.3 is 0 Å². The zero-order valence-electron chi connectivity index (χ0n) is 14.8. The van der Waals surface area contributed by atoms with E-state index in [1.807, 2.05) is 36.4 Å². The Labute approximate surface area is 148 Å². The van der Waals surface area contributed by atoms with Gasteiger partial charge in [0.05, 0.1) is 6.61 Å². The highest BCUT2D eigenvalue weighted by Gasteiger charge is 2.43. The lowest BCUT2D eigenvalue weighted by molar-refractivity contribution is -0.211. The molecule has 3 rings (SSSR count). The highest BCUT2D eigenvalue weighted by molar-refractivity contribution is 5.83. The van der Waals surface area contributed by atoms with Crippen molar-refractivity contribution < 1.29 is 23.7 Å². The van der Waals surface area contributed by atoms with Crippen molar-refractivity contribution in [1.82, 2.24) is 0 Å². The molecule has 4 atom stereocenters. The summed E-state index contributed by atoms with van der Waals surface area (Å²) in [5.41, 5.74) is 0.690. The minimum Gasteiger partial charge on any atom is -0.461 e. The molecule has 0 saturated carbocycles. The number of hydrogen-bond acceptors (Lipinski definition) is 5. The van der Waals surface area contributed by atoms with Crippen LogP contribution in [0.5, 0.6) is 5.75 Å². The standard InChI is InChI=1S/C20H24O5/c1-13-18(22-3)19(23-4)17(12-21-2)25-20(13)24-16-10-9-14-7-5-6-8-15(14)11-16/h5-11,17-20H,1,12H2,2-4H3/t17-,18-,19+,20-/m1/s1. The second-order valence-electron chi connectivity index (χ2n) is 6.02. The van der Waals surface area contributed by atoms with E-state index in [0.29, 0.717) is 17.9 Å². The average molecular weight is 344 g/mol. The molecule has 25 heavy (non-hydrogen) atoms. The van der Waals surface area contributed by atoms with Crippen molar-refractivity contribution in [3.8, 4) is 5.75 Å². The summed E-state index contributed by atoms with van der Waals surface area (Å²) >= 11 is 0. The molecule has 1 saturated heterocycles. The quantitative estimate of drug-likeness (QED) is 0.753. The lowest BCUT2D eigenvalue weighted by atomic mass is 9.97. The Hall–Kier alpha value is -1.92. The smallest absolute Gasteiger partial charge is 0.225 e. The van der Waals surface area contributed by atoms with Gasteiger partial charge in [0.2, 0.25) is 6.29 Å². The van der Waals surface area contributed by atoms with Gasteiger partial charge in [-0.2, -0.15) is 0 Å². The number of fused-ring (bicyclic) bond motifs is 1. The van der Waals surface area contributed by atoms with Gasteiger partial charge in [0, 0.05) is 26.9 Å². The van der Waals surface area contributed by atoms with Gasteiger partial charge in [0.15, 0.2) is 0 Å². The SMILES string of the molecule is C=C1[C@H](Oc2ccc3ccccc3c2)O[C@H](COC)[C@H](OC)[C@@H]1OC. The van der Waals surface area contributed by atoms with Gasteiger partial charge in [0.25, 0.3) is 0 Å². The molecular formula is C20H24O5. The molecule has 1 heterocycles. The topological polar surface area (TPSA) is 46.2 Å².